The van der Waals surface area contributed by atoms with Gasteiger partial charge in [-0.2, -0.15) is 13.2 Å². The molecule has 2 amide bonds. The van der Waals surface area contributed by atoms with Gasteiger partial charge >= 0.3 is 6.18 Å². The molecule has 0 aromatic heterocycles. The van der Waals surface area contributed by atoms with Gasteiger partial charge in [-0.25, -0.2) is 0 Å². The normalized spacial score (nSPS) is 21.2. The van der Waals surface area contributed by atoms with E-state index in [1.807, 2.05) is 13.1 Å². The number of rotatable bonds is 4. The fourth-order valence-electron chi connectivity index (χ4n) is 5.29. The number of nitrogens with zero attached hydrogens (tertiary/aromatic N) is 1. The molecule has 2 aromatic rings. The average Bonchev–Trinajstić information content (AvgIpc) is 3.09. The molecule has 0 radical (unpaired) electrons. The first-order valence-electron chi connectivity index (χ1n) is 12.8. The number of hydrogen-bond acceptors (Lipinski definition) is 5. The smallest absolute Gasteiger partial charge is 0.416 e. The molecule has 1 unspecified atom stereocenters. The minimum absolute atomic E-state index is 0.0784. The third-order valence-electron chi connectivity index (χ3n) is 7.42. The molecule has 0 bridgehead atoms. The zero-order chi connectivity index (χ0) is 26.9. The molecular weight excluding hydrogens is 499 g/mol. The number of halogens is 3. The Morgan fingerprint density at radius 2 is 1.92 bits per heavy atom. The fraction of sp³-hybridized carbons (Fsp3) is 0.429. The van der Waals surface area contributed by atoms with Crippen LogP contribution in [-0.4, -0.2) is 55.7 Å². The van der Waals surface area contributed by atoms with Crippen LogP contribution in [0.15, 0.2) is 42.5 Å². The fourth-order valence-corrected chi connectivity index (χ4v) is 5.29. The monoisotopic (exact) mass is 529 g/mol. The van der Waals surface area contributed by atoms with Gasteiger partial charge in [0.05, 0.1) is 18.2 Å². The maximum absolute atomic E-state index is 13.1. The summed E-state index contributed by atoms with van der Waals surface area (Å²) in [6.45, 7) is 1.67. The summed E-state index contributed by atoms with van der Waals surface area (Å²) in [5, 5.41) is 5.79. The highest BCUT2D eigenvalue weighted by Gasteiger charge is 2.34. The van der Waals surface area contributed by atoms with Gasteiger partial charge in [0.15, 0.2) is 0 Å². The van der Waals surface area contributed by atoms with Gasteiger partial charge in [0.2, 0.25) is 11.8 Å². The Kier molecular flexibility index (Phi) is 7.45. The van der Waals surface area contributed by atoms with Crippen LogP contribution in [0.2, 0.25) is 0 Å². The van der Waals surface area contributed by atoms with Gasteiger partial charge in [-0.15, -0.1) is 0 Å². The molecule has 7 nitrogen and oxygen atoms in total. The molecule has 0 saturated carbocycles. The molecule has 0 spiro atoms. The number of likely N-dealkylation sites (N-methyl/N-ethyl adjacent to an activating group) is 1. The van der Waals surface area contributed by atoms with Gasteiger partial charge < -0.3 is 20.1 Å². The number of benzene rings is 2. The van der Waals surface area contributed by atoms with Crippen molar-refractivity contribution in [2.45, 2.75) is 50.4 Å². The summed E-state index contributed by atoms with van der Waals surface area (Å²) >= 11 is 0. The minimum atomic E-state index is -4.48. The Bertz CT molecular complexity index is 1250. The summed E-state index contributed by atoms with van der Waals surface area (Å²) in [4.78, 5) is 27.9. The molecule has 3 aliphatic rings. The third-order valence-corrected chi connectivity index (χ3v) is 7.42. The van der Waals surface area contributed by atoms with Crippen molar-refractivity contribution < 1.29 is 32.2 Å². The topological polar surface area (TPSA) is 79.9 Å². The molecule has 1 atom stereocenters. The number of hydrogen-bond donors (Lipinski definition) is 2. The molecule has 2 aromatic carbocycles. The van der Waals surface area contributed by atoms with Crippen molar-refractivity contribution in [3.8, 4) is 5.75 Å². The number of fused-ring (bicyclic) bond motifs is 2. The van der Waals surface area contributed by atoms with E-state index in [1.165, 1.54) is 12.1 Å². The summed E-state index contributed by atoms with van der Waals surface area (Å²) in [6, 6.07) is 8.77. The Labute approximate surface area is 219 Å². The third kappa shape index (κ3) is 5.71. The van der Waals surface area contributed by atoms with E-state index in [0.29, 0.717) is 61.0 Å². The van der Waals surface area contributed by atoms with Crippen LogP contribution in [-0.2, 0) is 26.9 Å². The van der Waals surface area contributed by atoms with Crippen LogP contribution >= 0.6 is 0 Å². The molecule has 3 aliphatic heterocycles. The summed E-state index contributed by atoms with van der Waals surface area (Å²) in [5.41, 5.74) is 2.45. The van der Waals surface area contributed by atoms with Crippen molar-refractivity contribution in [2.75, 3.05) is 37.5 Å². The Hall–Kier alpha value is -3.37. The van der Waals surface area contributed by atoms with Crippen LogP contribution in [0.3, 0.4) is 0 Å². The van der Waals surface area contributed by atoms with Crippen LogP contribution in [0.4, 0.5) is 24.5 Å². The lowest BCUT2D eigenvalue weighted by atomic mass is 9.95. The van der Waals surface area contributed by atoms with E-state index in [-0.39, 0.29) is 24.3 Å². The quantitative estimate of drug-likeness (QED) is 0.553. The number of anilines is 2. The first-order valence-corrected chi connectivity index (χ1v) is 12.8. The van der Waals surface area contributed by atoms with E-state index in [4.69, 9.17) is 9.47 Å². The van der Waals surface area contributed by atoms with Crippen molar-refractivity contribution in [1.29, 1.82) is 0 Å². The number of ether oxygens (including phenoxy) is 2. The molecule has 38 heavy (non-hydrogen) atoms. The standard InChI is InChI=1S/C28H30F3N3O4/c1-34(21-8-11-37-12-9-21)24-13-18-4-6-20(16-23(18)33-27(24)36)32-26(35)14-17-3-2-10-38-25-15-19(28(29,30)31)5-7-22(17)25/h4-7,14-16,21,24H,2-3,8-13H2,1H3,(H,32,35)(H,33,36)/b17-14+. The summed E-state index contributed by atoms with van der Waals surface area (Å²) in [7, 11) is 1.98. The second-order valence-corrected chi connectivity index (χ2v) is 9.91. The number of carbonyl (C=O) groups excluding carboxylic acids is 2. The molecule has 1 saturated heterocycles. The summed E-state index contributed by atoms with van der Waals surface area (Å²) < 4.78 is 50.4. The lowest BCUT2D eigenvalue weighted by Crippen LogP contribution is -2.51. The lowest BCUT2D eigenvalue weighted by molar-refractivity contribution is -0.137. The van der Waals surface area contributed by atoms with Crippen molar-refractivity contribution in [2.24, 2.45) is 0 Å². The predicted molar refractivity (Wildman–Crippen MR) is 137 cm³/mol. The molecule has 1 fully saturated rings. The first-order chi connectivity index (χ1) is 18.2. The van der Waals surface area contributed by atoms with E-state index in [9.17, 15) is 22.8 Å². The maximum Gasteiger partial charge on any atom is 0.416 e. The molecule has 3 heterocycles. The lowest BCUT2D eigenvalue weighted by Gasteiger charge is -2.38. The molecule has 202 valence electrons. The number of alkyl halides is 3. The summed E-state index contributed by atoms with van der Waals surface area (Å²) in [5.74, 6) is -0.370. The van der Waals surface area contributed by atoms with Gasteiger partial charge in [-0.05, 0) is 74.6 Å². The van der Waals surface area contributed by atoms with Crippen molar-refractivity contribution in [3.05, 3.63) is 59.2 Å². The van der Waals surface area contributed by atoms with Crippen molar-refractivity contribution in [3.63, 3.8) is 0 Å². The number of amides is 2. The van der Waals surface area contributed by atoms with E-state index < -0.39 is 17.6 Å². The van der Waals surface area contributed by atoms with E-state index in [0.717, 1.165) is 30.5 Å². The second kappa shape index (κ2) is 10.8. The highest BCUT2D eigenvalue weighted by Crippen LogP contribution is 2.38. The van der Waals surface area contributed by atoms with Gasteiger partial charge in [0, 0.05) is 42.3 Å². The minimum Gasteiger partial charge on any atom is -0.493 e. The zero-order valence-corrected chi connectivity index (χ0v) is 21.1. The molecule has 0 aliphatic carbocycles. The Balaban J connectivity index is 1.29. The van der Waals surface area contributed by atoms with E-state index >= 15 is 0 Å². The highest BCUT2D eigenvalue weighted by molar-refractivity contribution is 6.05. The van der Waals surface area contributed by atoms with Crippen LogP contribution in [0.25, 0.3) is 5.57 Å². The largest absolute Gasteiger partial charge is 0.493 e. The Morgan fingerprint density at radius 1 is 1.13 bits per heavy atom. The SMILES string of the molecule is CN(C1CCOCC1)C1Cc2ccc(NC(=O)/C=C3\CCCOc4cc(C(F)(F)F)ccc43)cc2NC1=O. The second-order valence-electron chi connectivity index (χ2n) is 9.91. The van der Waals surface area contributed by atoms with Gasteiger partial charge in [-0.3, -0.25) is 14.5 Å². The predicted octanol–water partition coefficient (Wildman–Crippen LogP) is 4.87. The number of allylic oxidation sites excluding steroid dienone is 1. The summed E-state index contributed by atoms with van der Waals surface area (Å²) in [6.07, 6.45) is 0.356. The first kappa shape index (κ1) is 26.2. The van der Waals surface area contributed by atoms with Gasteiger partial charge in [0.1, 0.15) is 5.75 Å². The molecule has 5 rings (SSSR count). The number of nitrogens with one attached hydrogen (secondary N) is 2. The molecular formula is C28H30F3N3O4. The van der Waals surface area contributed by atoms with Crippen LogP contribution in [0.1, 0.15) is 42.4 Å². The molecule has 10 heteroatoms. The van der Waals surface area contributed by atoms with Gasteiger partial charge in [-0.1, -0.05) is 12.1 Å². The van der Waals surface area contributed by atoms with E-state index in [2.05, 4.69) is 15.5 Å². The van der Waals surface area contributed by atoms with Crippen LogP contribution in [0.5, 0.6) is 5.75 Å². The molecule has 2 N–H and O–H groups in total. The van der Waals surface area contributed by atoms with Gasteiger partial charge in [0.25, 0.3) is 0 Å². The van der Waals surface area contributed by atoms with Crippen LogP contribution in [0, 0.1) is 0 Å². The van der Waals surface area contributed by atoms with Crippen molar-refractivity contribution >= 4 is 28.8 Å². The van der Waals surface area contributed by atoms with E-state index in [1.54, 1.807) is 12.1 Å². The Morgan fingerprint density at radius 3 is 2.68 bits per heavy atom. The zero-order valence-electron chi connectivity index (χ0n) is 21.1. The highest BCUT2D eigenvalue weighted by atomic mass is 19.4. The van der Waals surface area contributed by atoms with Crippen LogP contribution < -0.4 is 15.4 Å². The maximum atomic E-state index is 13.1. The van der Waals surface area contributed by atoms with Crippen molar-refractivity contribution in [1.82, 2.24) is 4.90 Å². The number of carbonyl (C=O) groups is 2. The average molecular weight is 530 g/mol.